The topological polar surface area (TPSA) is 45.1 Å². The fraction of sp³-hybridized carbons (Fsp3) is 0.471. The van der Waals surface area contributed by atoms with Crippen molar-refractivity contribution in [2.45, 2.75) is 44.6 Å². The molecular weight excluding hydrogens is 267 g/mol. The van der Waals surface area contributed by atoms with E-state index in [0.717, 1.165) is 42.5 Å². The lowest BCUT2D eigenvalue weighted by Crippen LogP contribution is -2.38. The quantitative estimate of drug-likeness (QED) is 0.903. The van der Waals surface area contributed by atoms with Crippen LogP contribution in [0.1, 0.15) is 37.8 Å². The third-order valence-electron chi connectivity index (χ3n) is 4.31. The van der Waals surface area contributed by atoms with Crippen LogP contribution in [0.25, 0.3) is 10.9 Å². The highest BCUT2D eigenvalue weighted by Gasteiger charge is 2.28. The Hall–Kier alpha value is -1.68. The van der Waals surface area contributed by atoms with Gasteiger partial charge in [0.25, 0.3) is 0 Å². The first-order valence-electron chi connectivity index (χ1n) is 7.60. The van der Waals surface area contributed by atoms with Gasteiger partial charge in [-0.15, -0.1) is 0 Å². The average Bonchev–Trinajstić information content (AvgIpc) is 2.47. The molecule has 0 unspecified atom stereocenters. The summed E-state index contributed by atoms with van der Waals surface area (Å²) in [5.41, 5.74) is 1.35. The molecule has 1 heterocycles. The van der Waals surface area contributed by atoms with Crippen LogP contribution < -0.4 is 5.32 Å². The molecule has 2 aromatic rings. The molecule has 1 aromatic heterocycles. The van der Waals surface area contributed by atoms with Gasteiger partial charge in [-0.1, -0.05) is 31.4 Å². The standard InChI is InChI=1S/C17H21FN2O/c1-12-10-15(13-6-5-7-14(18)16(13)20-12)19-11-17(21)8-3-2-4-9-17/h5-7,10,21H,2-4,8-9,11H2,1H3,(H,19,20). The minimum absolute atomic E-state index is 0.310. The van der Waals surface area contributed by atoms with E-state index in [1.54, 1.807) is 6.07 Å². The highest BCUT2D eigenvalue weighted by Crippen LogP contribution is 2.30. The number of hydrogen-bond acceptors (Lipinski definition) is 3. The number of halogens is 1. The zero-order valence-electron chi connectivity index (χ0n) is 12.3. The SMILES string of the molecule is Cc1cc(NCC2(O)CCCCC2)c2cccc(F)c2n1. The van der Waals surface area contributed by atoms with Crippen molar-refractivity contribution >= 4 is 16.6 Å². The third kappa shape index (κ3) is 3.00. The number of para-hydroxylation sites is 1. The van der Waals surface area contributed by atoms with Crippen LogP contribution in [-0.2, 0) is 0 Å². The Bertz CT molecular complexity index is 651. The molecule has 4 heteroatoms. The summed E-state index contributed by atoms with van der Waals surface area (Å²) >= 11 is 0. The Balaban J connectivity index is 1.88. The fourth-order valence-electron chi connectivity index (χ4n) is 3.13. The number of nitrogens with zero attached hydrogens (tertiary/aromatic N) is 1. The summed E-state index contributed by atoms with van der Waals surface area (Å²) in [5, 5.41) is 14.6. The molecule has 0 aliphatic heterocycles. The van der Waals surface area contributed by atoms with E-state index in [1.807, 2.05) is 19.1 Å². The van der Waals surface area contributed by atoms with Crippen molar-refractivity contribution in [2.24, 2.45) is 0 Å². The summed E-state index contributed by atoms with van der Waals surface area (Å²) in [6.45, 7) is 2.36. The van der Waals surface area contributed by atoms with Gasteiger partial charge in [0.2, 0.25) is 0 Å². The zero-order chi connectivity index (χ0) is 14.9. The first-order valence-corrected chi connectivity index (χ1v) is 7.60. The number of nitrogens with one attached hydrogen (secondary N) is 1. The van der Waals surface area contributed by atoms with E-state index in [2.05, 4.69) is 10.3 Å². The van der Waals surface area contributed by atoms with E-state index in [-0.39, 0.29) is 5.82 Å². The summed E-state index contributed by atoms with van der Waals surface area (Å²) in [5.74, 6) is -0.310. The smallest absolute Gasteiger partial charge is 0.149 e. The summed E-state index contributed by atoms with van der Waals surface area (Å²) in [6.07, 6.45) is 5.00. The number of aromatic nitrogens is 1. The lowest BCUT2D eigenvalue weighted by molar-refractivity contribution is 0.0167. The first-order chi connectivity index (χ1) is 10.1. The van der Waals surface area contributed by atoms with Crippen molar-refractivity contribution in [1.29, 1.82) is 0 Å². The van der Waals surface area contributed by atoms with Crippen LogP contribution in [0.5, 0.6) is 0 Å². The lowest BCUT2D eigenvalue weighted by atomic mass is 9.85. The minimum atomic E-state index is -0.644. The molecule has 1 aliphatic rings. The Morgan fingerprint density at radius 2 is 2.05 bits per heavy atom. The maximum absolute atomic E-state index is 13.9. The summed E-state index contributed by atoms with van der Waals surface area (Å²) in [7, 11) is 0. The van der Waals surface area contributed by atoms with E-state index >= 15 is 0 Å². The molecule has 1 saturated carbocycles. The molecule has 1 aliphatic carbocycles. The molecule has 0 amide bonds. The van der Waals surface area contributed by atoms with Crippen molar-refractivity contribution in [2.75, 3.05) is 11.9 Å². The first kappa shape index (κ1) is 14.3. The molecule has 3 rings (SSSR count). The van der Waals surface area contributed by atoms with Crippen LogP contribution in [0.15, 0.2) is 24.3 Å². The Kier molecular flexibility index (Phi) is 3.81. The number of rotatable bonds is 3. The van der Waals surface area contributed by atoms with Crippen molar-refractivity contribution in [3.05, 3.63) is 35.8 Å². The molecule has 21 heavy (non-hydrogen) atoms. The number of anilines is 1. The summed E-state index contributed by atoms with van der Waals surface area (Å²) < 4.78 is 13.9. The number of hydrogen-bond donors (Lipinski definition) is 2. The van der Waals surface area contributed by atoms with Crippen LogP contribution in [0.4, 0.5) is 10.1 Å². The molecule has 1 aromatic carbocycles. The van der Waals surface area contributed by atoms with E-state index in [4.69, 9.17) is 0 Å². The summed E-state index contributed by atoms with van der Waals surface area (Å²) in [6, 6.07) is 6.88. The van der Waals surface area contributed by atoms with Crippen LogP contribution >= 0.6 is 0 Å². The normalized spacial score (nSPS) is 17.9. The van der Waals surface area contributed by atoms with E-state index in [9.17, 15) is 9.50 Å². The fourth-order valence-corrected chi connectivity index (χ4v) is 3.13. The van der Waals surface area contributed by atoms with Crippen LogP contribution in [0.2, 0.25) is 0 Å². The van der Waals surface area contributed by atoms with E-state index in [0.29, 0.717) is 12.1 Å². The molecular formula is C17H21FN2O. The van der Waals surface area contributed by atoms with Gasteiger partial charge in [-0.25, -0.2) is 9.37 Å². The predicted octanol–water partition coefficient (Wildman–Crippen LogP) is 3.79. The number of aryl methyl sites for hydroxylation is 1. The van der Waals surface area contributed by atoms with Gasteiger partial charge < -0.3 is 10.4 Å². The second-order valence-corrected chi connectivity index (χ2v) is 6.09. The van der Waals surface area contributed by atoms with Gasteiger partial charge in [0, 0.05) is 23.3 Å². The molecule has 3 nitrogen and oxygen atoms in total. The second-order valence-electron chi connectivity index (χ2n) is 6.09. The van der Waals surface area contributed by atoms with Crippen LogP contribution in [-0.4, -0.2) is 22.2 Å². The van der Waals surface area contributed by atoms with Gasteiger partial charge in [0.15, 0.2) is 0 Å². The number of pyridine rings is 1. The maximum Gasteiger partial charge on any atom is 0.149 e. The molecule has 0 radical (unpaired) electrons. The largest absolute Gasteiger partial charge is 0.388 e. The molecule has 0 saturated heterocycles. The zero-order valence-corrected chi connectivity index (χ0v) is 12.3. The van der Waals surface area contributed by atoms with Crippen molar-refractivity contribution in [3.8, 4) is 0 Å². The van der Waals surface area contributed by atoms with Gasteiger partial charge in [0.05, 0.1) is 5.60 Å². The Morgan fingerprint density at radius 1 is 1.29 bits per heavy atom. The monoisotopic (exact) mass is 288 g/mol. The van der Waals surface area contributed by atoms with Crippen LogP contribution in [0, 0.1) is 12.7 Å². The van der Waals surface area contributed by atoms with Gasteiger partial charge in [-0.3, -0.25) is 0 Å². The van der Waals surface area contributed by atoms with Gasteiger partial charge in [-0.05, 0) is 31.9 Å². The number of aliphatic hydroxyl groups is 1. The molecule has 0 spiro atoms. The Morgan fingerprint density at radius 3 is 2.81 bits per heavy atom. The highest BCUT2D eigenvalue weighted by atomic mass is 19.1. The molecule has 112 valence electrons. The van der Waals surface area contributed by atoms with Crippen molar-refractivity contribution in [3.63, 3.8) is 0 Å². The van der Waals surface area contributed by atoms with Gasteiger partial charge in [0.1, 0.15) is 11.3 Å². The van der Waals surface area contributed by atoms with Gasteiger partial charge >= 0.3 is 0 Å². The van der Waals surface area contributed by atoms with E-state index in [1.165, 1.54) is 12.5 Å². The molecule has 2 N–H and O–H groups in total. The van der Waals surface area contributed by atoms with Gasteiger partial charge in [-0.2, -0.15) is 0 Å². The molecule has 0 atom stereocenters. The Labute approximate surface area is 124 Å². The predicted molar refractivity (Wildman–Crippen MR) is 83.0 cm³/mol. The van der Waals surface area contributed by atoms with Crippen molar-refractivity contribution < 1.29 is 9.50 Å². The minimum Gasteiger partial charge on any atom is -0.388 e. The second kappa shape index (κ2) is 5.60. The van der Waals surface area contributed by atoms with E-state index < -0.39 is 5.60 Å². The number of benzene rings is 1. The average molecular weight is 288 g/mol. The highest BCUT2D eigenvalue weighted by molar-refractivity contribution is 5.91. The lowest BCUT2D eigenvalue weighted by Gasteiger charge is -2.32. The van der Waals surface area contributed by atoms with Crippen molar-refractivity contribution in [1.82, 2.24) is 4.98 Å². The molecule has 0 bridgehead atoms. The molecule has 1 fully saturated rings. The summed E-state index contributed by atoms with van der Waals surface area (Å²) in [4.78, 5) is 4.27. The third-order valence-corrected chi connectivity index (χ3v) is 4.31. The number of fused-ring (bicyclic) bond motifs is 1. The maximum atomic E-state index is 13.9. The van der Waals surface area contributed by atoms with Crippen LogP contribution in [0.3, 0.4) is 0 Å².